The van der Waals surface area contributed by atoms with Crippen molar-refractivity contribution in [2.24, 2.45) is 11.8 Å². The third kappa shape index (κ3) is 24.2. The van der Waals surface area contributed by atoms with E-state index in [9.17, 15) is 19.2 Å². The Morgan fingerprint density at radius 3 is 1.50 bits per heavy atom. The van der Waals surface area contributed by atoms with E-state index in [0.717, 1.165) is 110 Å². The van der Waals surface area contributed by atoms with Crippen LogP contribution in [0.2, 0.25) is 0 Å². The molecular formula is C45H83N3O6. The number of nitrogens with one attached hydrogen (secondary N) is 2. The highest BCUT2D eigenvalue weighted by Gasteiger charge is 2.19. The molecule has 0 atom stereocenters. The predicted octanol–water partition coefficient (Wildman–Crippen LogP) is 10.6. The van der Waals surface area contributed by atoms with Crippen molar-refractivity contribution in [3.05, 3.63) is 20.4 Å². The molecule has 9 heteroatoms. The minimum atomic E-state index is -0.442. The first-order valence-electron chi connectivity index (χ1n) is 22.6. The van der Waals surface area contributed by atoms with Crippen LogP contribution in [0.5, 0.6) is 0 Å². The van der Waals surface area contributed by atoms with Crippen molar-refractivity contribution in [1.29, 1.82) is 0 Å². The second-order valence-electron chi connectivity index (χ2n) is 15.8. The van der Waals surface area contributed by atoms with Gasteiger partial charge in [0.25, 0.3) is 10.9 Å². The van der Waals surface area contributed by atoms with Crippen LogP contribution >= 0.6 is 0 Å². The molecule has 0 unspecified atom stereocenters. The molecular weight excluding hydrogens is 679 g/mol. The molecule has 0 spiro atoms. The average molecular weight is 762 g/mol. The van der Waals surface area contributed by atoms with Crippen LogP contribution in [0, 0.1) is 11.8 Å². The number of carbonyl (C=O) groups excluding carboxylic acids is 2. The molecule has 0 saturated heterocycles. The van der Waals surface area contributed by atoms with Gasteiger partial charge in [-0.15, -0.1) is 0 Å². The lowest BCUT2D eigenvalue weighted by atomic mass is 9.93. The van der Waals surface area contributed by atoms with Crippen LogP contribution in [0.25, 0.3) is 0 Å². The Bertz CT molecular complexity index is 1120. The van der Waals surface area contributed by atoms with Crippen molar-refractivity contribution in [2.75, 3.05) is 57.1 Å². The number of esters is 2. The molecule has 2 N–H and O–H groups in total. The van der Waals surface area contributed by atoms with Crippen molar-refractivity contribution in [1.82, 2.24) is 4.90 Å². The molecule has 1 rings (SSSR count). The fraction of sp³-hybridized carbons (Fsp3) is 0.867. The molecule has 0 heterocycles. The largest absolute Gasteiger partial charge is 0.466 e. The highest BCUT2D eigenvalue weighted by atomic mass is 16.5. The summed E-state index contributed by atoms with van der Waals surface area (Å²) in [5.41, 5.74) is -0.0697. The maximum absolute atomic E-state index is 12.4. The Hall–Kier alpha value is -2.42. The first kappa shape index (κ1) is 49.6. The molecule has 9 nitrogen and oxygen atoms in total. The van der Waals surface area contributed by atoms with E-state index in [0.29, 0.717) is 55.8 Å². The van der Waals surface area contributed by atoms with Gasteiger partial charge in [0.1, 0.15) is 11.4 Å². The van der Waals surface area contributed by atoms with Gasteiger partial charge in [0.15, 0.2) is 0 Å². The zero-order valence-corrected chi connectivity index (χ0v) is 35.7. The first-order chi connectivity index (χ1) is 26.3. The van der Waals surface area contributed by atoms with Crippen LogP contribution < -0.4 is 21.5 Å². The SMILES string of the molecule is CCCCC(CCCC)CCOC(=O)CCCCCCCN(CCCCCCCC(=O)OCC(CCCC)CCCC)CCCNc1c(NC)c(=O)c1=O. The fourth-order valence-electron chi connectivity index (χ4n) is 7.33. The van der Waals surface area contributed by atoms with Gasteiger partial charge in [0, 0.05) is 26.4 Å². The van der Waals surface area contributed by atoms with Gasteiger partial charge in [-0.05, 0) is 82.8 Å². The lowest BCUT2D eigenvalue weighted by Gasteiger charge is -2.23. The van der Waals surface area contributed by atoms with E-state index in [1.807, 2.05) is 0 Å². The number of nitrogens with zero attached hydrogens (tertiary/aromatic N) is 1. The van der Waals surface area contributed by atoms with Gasteiger partial charge in [-0.1, -0.05) is 130 Å². The van der Waals surface area contributed by atoms with Crippen molar-refractivity contribution in [2.45, 2.75) is 195 Å². The standard InChI is InChI=1S/C45H83N3O6/c1-6-10-25-38(26-11-7-2)31-36-53-40(49)29-20-16-14-18-22-33-48(35-24-32-47-43-42(46-5)44(51)45(43)52)34-23-19-15-17-21-30-41(50)54-37-39(27-12-8-3)28-13-9-4/h38-39,46-47H,6-37H2,1-5H3. The molecule has 54 heavy (non-hydrogen) atoms. The zero-order chi connectivity index (χ0) is 39.7. The Morgan fingerprint density at radius 2 is 0.981 bits per heavy atom. The summed E-state index contributed by atoms with van der Waals surface area (Å²) in [7, 11) is 1.67. The van der Waals surface area contributed by atoms with Crippen LogP contribution in [0.4, 0.5) is 11.4 Å². The molecule has 1 aromatic rings. The summed E-state index contributed by atoms with van der Waals surface area (Å²) in [5.74, 6) is 1.11. The number of hydrogen-bond donors (Lipinski definition) is 2. The van der Waals surface area contributed by atoms with Crippen molar-refractivity contribution in [3.8, 4) is 0 Å². The highest BCUT2D eigenvalue weighted by Crippen LogP contribution is 2.21. The number of hydrogen-bond acceptors (Lipinski definition) is 9. The summed E-state index contributed by atoms with van der Waals surface area (Å²) in [6.45, 7) is 13.7. The second kappa shape index (κ2) is 33.9. The summed E-state index contributed by atoms with van der Waals surface area (Å²) in [6.07, 6.45) is 28.2. The molecule has 314 valence electrons. The van der Waals surface area contributed by atoms with Gasteiger partial charge >= 0.3 is 11.9 Å². The minimum absolute atomic E-state index is 0.0395. The van der Waals surface area contributed by atoms with Crippen LogP contribution in [0.1, 0.15) is 195 Å². The van der Waals surface area contributed by atoms with Crippen molar-refractivity contribution < 1.29 is 19.1 Å². The Balaban J connectivity index is 2.34. The van der Waals surface area contributed by atoms with Gasteiger partial charge in [0.2, 0.25) is 0 Å². The van der Waals surface area contributed by atoms with E-state index >= 15 is 0 Å². The van der Waals surface area contributed by atoms with E-state index in [1.165, 1.54) is 64.2 Å². The summed E-state index contributed by atoms with van der Waals surface area (Å²) >= 11 is 0. The maximum Gasteiger partial charge on any atom is 0.305 e. The van der Waals surface area contributed by atoms with Crippen LogP contribution in [-0.2, 0) is 19.1 Å². The van der Waals surface area contributed by atoms with E-state index in [4.69, 9.17) is 9.47 Å². The van der Waals surface area contributed by atoms with E-state index in [2.05, 4.69) is 43.2 Å². The van der Waals surface area contributed by atoms with E-state index < -0.39 is 10.9 Å². The monoisotopic (exact) mass is 762 g/mol. The molecule has 0 aliphatic rings. The first-order valence-corrected chi connectivity index (χ1v) is 22.6. The Labute approximate surface area is 330 Å². The third-order valence-electron chi connectivity index (χ3n) is 11.0. The van der Waals surface area contributed by atoms with Crippen LogP contribution in [0.15, 0.2) is 9.59 Å². The van der Waals surface area contributed by atoms with Gasteiger partial charge in [0.05, 0.1) is 13.2 Å². The van der Waals surface area contributed by atoms with E-state index in [-0.39, 0.29) is 11.9 Å². The van der Waals surface area contributed by atoms with Gasteiger partial charge in [-0.25, -0.2) is 0 Å². The molecule has 0 aromatic heterocycles. The molecule has 0 saturated carbocycles. The number of rotatable bonds is 39. The molecule has 0 aliphatic heterocycles. The number of carbonyl (C=O) groups is 2. The second-order valence-corrected chi connectivity index (χ2v) is 15.8. The predicted molar refractivity (Wildman–Crippen MR) is 227 cm³/mol. The smallest absolute Gasteiger partial charge is 0.305 e. The molecule has 0 fully saturated rings. The number of anilines is 2. The lowest BCUT2D eigenvalue weighted by Crippen LogP contribution is -2.37. The van der Waals surface area contributed by atoms with Crippen LogP contribution in [0.3, 0.4) is 0 Å². The quantitative estimate of drug-likeness (QED) is 0.0384. The van der Waals surface area contributed by atoms with Gasteiger partial charge < -0.3 is 25.0 Å². The molecule has 0 radical (unpaired) electrons. The summed E-state index contributed by atoms with van der Waals surface area (Å²) < 4.78 is 11.3. The van der Waals surface area contributed by atoms with Gasteiger partial charge in [-0.3, -0.25) is 19.2 Å². The summed E-state index contributed by atoms with van der Waals surface area (Å²) in [5, 5.41) is 5.99. The minimum Gasteiger partial charge on any atom is -0.466 e. The third-order valence-corrected chi connectivity index (χ3v) is 11.0. The molecule has 0 bridgehead atoms. The Kier molecular flexibility index (Phi) is 31.1. The van der Waals surface area contributed by atoms with Crippen LogP contribution in [-0.4, -0.2) is 63.3 Å². The highest BCUT2D eigenvalue weighted by molar-refractivity contribution is 5.73. The lowest BCUT2D eigenvalue weighted by molar-refractivity contribution is -0.145. The molecule has 1 aromatic carbocycles. The topological polar surface area (TPSA) is 114 Å². The average Bonchev–Trinajstić information content (AvgIpc) is 3.17. The summed E-state index contributed by atoms with van der Waals surface area (Å²) in [4.78, 5) is 50.8. The Morgan fingerprint density at radius 1 is 0.537 bits per heavy atom. The van der Waals surface area contributed by atoms with E-state index in [1.54, 1.807) is 7.05 Å². The summed E-state index contributed by atoms with van der Waals surface area (Å²) in [6, 6.07) is 0. The fourth-order valence-corrected chi connectivity index (χ4v) is 7.33. The molecule has 0 amide bonds. The maximum atomic E-state index is 12.4. The number of unbranched alkanes of at least 4 members (excludes halogenated alkanes) is 12. The number of ether oxygens (including phenoxy) is 2. The van der Waals surface area contributed by atoms with Crippen molar-refractivity contribution >= 4 is 23.3 Å². The zero-order valence-electron chi connectivity index (χ0n) is 35.7. The normalized spacial score (nSPS) is 11.6. The van der Waals surface area contributed by atoms with Crippen molar-refractivity contribution in [3.63, 3.8) is 0 Å². The van der Waals surface area contributed by atoms with Gasteiger partial charge in [-0.2, -0.15) is 0 Å². The molecule has 0 aliphatic carbocycles.